The van der Waals surface area contributed by atoms with Crippen molar-refractivity contribution < 1.29 is 0 Å². The van der Waals surface area contributed by atoms with Crippen molar-refractivity contribution in [3.8, 4) is 0 Å². The van der Waals surface area contributed by atoms with E-state index in [0.717, 1.165) is 12.8 Å². The summed E-state index contributed by atoms with van der Waals surface area (Å²) in [5.41, 5.74) is 7.32. The summed E-state index contributed by atoms with van der Waals surface area (Å²) in [6.07, 6.45) is 6.87. The Morgan fingerprint density at radius 2 is 1.78 bits per heavy atom. The lowest BCUT2D eigenvalue weighted by molar-refractivity contribution is 0.322. The van der Waals surface area contributed by atoms with Gasteiger partial charge in [0, 0.05) is 23.0 Å². The molecule has 0 aromatic heterocycles. The predicted molar refractivity (Wildman–Crippen MR) is 80.0 cm³/mol. The van der Waals surface area contributed by atoms with Crippen LogP contribution in [0.2, 0.25) is 0 Å². The molecule has 0 spiro atoms. The van der Waals surface area contributed by atoms with Gasteiger partial charge in [-0.25, -0.2) is 0 Å². The highest BCUT2D eigenvalue weighted by Gasteiger charge is 2.20. The van der Waals surface area contributed by atoms with E-state index in [4.69, 9.17) is 5.73 Å². The van der Waals surface area contributed by atoms with Gasteiger partial charge in [0.1, 0.15) is 0 Å². The first-order chi connectivity index (χ1) is 8.69. The third-order valence-electron chi connectivity index (χ3n) is 3.87. The highest BCUT2D eigenvalue weighted by atomic mass is 32.2. The Morgan fingerprint density at radius 3 is 2.33 bits per heavy atom. The Hall–Kier alpha value is -0.510. The lowest BCUT2D eigenvalue weighted by Gasteiger charge is -2.29. The minimum absolute atomic E-state index is 0.430. The number of nitrogens with one attached hydrogen (secondary N) is 1. The summed E-state index contributed by atoms with van der Waals surface area (Å²) in [5.74, 6) is 0. The second-order valence-electron chi connectivity index (χ2n) is 5.27. The standard InChI is InChI=1S/C15H24N2S/c1-11(12-3-9-15(18-2)10-4-12)17-14-7-5-13(16)6-8-14/h3-4,9-11,13-14,17H,5-8,16H2,1-2H3. The van der Waals surface area contributed by atoms with Crippen molar-refractivity contribution in [2.45, 2.75) is 55.6 Å². The molecule has 1 unspecified atom stereocenters. The topological polar surface area (TPSA) is 38.0 Å². The quantitative estimate of drug-likeness (QED) is 0.819. The summed E-state index contributed by atoms with van der Waals surface area (Å²) in [6, 6.07) is 10.4. The molecule has 1 saturated carbocycles. The molecule has 3 heteroatoms. The van der Waals surface area contributed by atoms with Crippen molar-refractivity contribution in [3.63, 3.8) is 0 Å². The first-order valence-electron chi connectivity index (χ1n) is 6.84. The fourth-order valence-electron chi connectivity index (χ4n) is 2.63. The van der Waals surface area contributed by atoms with Gasteiger partial charge in [-0.05, 0) is 56.6 Å². The van der Waals surface area contributed by atoms with E-state index in [-0.39, 0.29) is 0 Å². The molecule has 0 heterocycles. The van der Waals surface area contributed by atoms with Gasteiger partial charge < -0.3 is 11.1 Å². The number of hydrogen-bond donors (Lipinski definition) is 2. The lowest BCUT2D eigenvalue weighted by Crippen LogP contribution is -2.38. The summed E-state index contributed by atoms with van der Waals surface area (Å²) >= 11 is 1.79. The maximum Gasteiger partial charge on any atom is 0.0294 e. The van der Waals surface area contributed by atoms with Crippen LogP contribution in [0.3, 0.4) is 0 Å². The molecule has 0 amide bonds. The molecule has 1 aromatic carbocycles. The molecule has 1 atom stereocenters. The predicted octanol–water partition coefficient (Wildman–Crippen LogP) is 3.33. The van der Waals surface area contributed by atoms with Gasteiger partial charge in [0.05, 0.1) is 0 Å². The Bertz CT molecular complexity index is 355. The summed E-state index contributed by atoms with van der Waals surface area (Å²) in [5, 5.41) is 3.73. The number of benzene rings is 1. The van der Waals surface area contributed by atoms with Crippen molar-refractivity contribution in [2.75, 3.05) is 6.26 Å². The van der Waals surface area contributed by atoms with Crippen LogP contribution in [0.4, 0.5) is 0 Å². The van der Waals surface area contributed by atoms with Crippen LogP contribution in [0.1, 0.15) is 44.2 Å². The van der Waals surface area contributed by atoms with Crippen molar-refractivity contribution in [1.82, 2.24) is 5.32 Å². The van der Waals surface area contributed by atoms with Gasteiger partial charge in [-0.3, -0.25) is 0 Å². The average Bonchev–Trinajstić information content (AvgIpc) is 2.41. The van der Waals surface area contributed by atoms with Gasteiger partial charge in [-0.1, -0.05) is 12.1 Å². The van der Waals surface area contributed by atoms with Crippen LogP contribution < -0.4 is 11.1 Å². The molecule has 0 bridgehead atoms. The van der Waals surface area contributed by atoms with Crippen LogP contribution in [-0.2, 0) is 0 Å². The molecule has 100 valence electrons. The molecule has 2 rings (SSSR count). The highest BCUT2D eigenvalue weighted by molar-refractivity contribution is 7.98. The van der Waals surface area contributed by atoms with Crippen molar-refractivity contribution >= 4 is 11.8 Å². The van der Waals surface area contributed by atoms with Gasteiger partial charge in [0.25, 0.3) is 0 Å². The van der Waals surface area contributed by atoms with Crippen molar-refractivity contribution in [3.05, 3.63) is 29.8 Å². The lowest BCUT2D eigenvalue weighted by atomic mass is 9.91. The Balaban J connectivity index is 1.88. The second kappa shape index (κ2) is 6.60. The van der Waals surface area contributed by atoms with Gasteiger partial charge in [0.15, 0.2) is 0 Å². The number of hydrogen-bond acceptors (Lipinski definition) is 3. The van der Waals surface area contributed by atoms with E-state index in [9.17, 15) is 0 Å². The van der Waals surface area contributed by atoms with E-state index in [2.05, 4.69) is 42.8 Å². The zero-order valence-corrected chi connectivity index (χ0v) is 12.2. The molecule has 1 aromatic rings. The van der Waals surface area contributed by atoms with E-state index in [1.165, 1.54) is 23.3 Å². The molecule has 3 N–H and O–H groups in total. The van der Waals surface area contributed by atoms with E-state index < -0.39 is 0 Å². The summed E-state index contributed by atoms with van der Waals surface area (Å²) < 4.78 is 0. The maximum atomic E-state index is 5.94. The monoisotopic (exact) mass is 264 g/mol. The van der Waals surface area contributed by atoms with E-state index in [0.29, 0.717) is 18.1 Å². The van der Waals surface area contributed by atoms with Crippen LogP contribution in [0.5, 0.6) is 0 Å². The molecule has 0 radical (unpaired) electrons. The van der Waals surface area contributed by atoms with E-state index in [1.807, 2.05) is 0 Å². The van der Waals surface area contributed by atoms with Gasteiger partial charge in [0.2, 0.25) is 0 Å². The molecule has 1 aliphatic carbocycles. The summed E-state index contributed by atoms with van der Waals surface area (Å²) in [7, 11) is 0. The normalized spacial score (nSPS) is 25.9. The fraction of sp³-hybridized carbons (Fsp3) is 0.600. The zero-order chi connectivity index (χ0) is 13.0. The maximum absolute atomic E-state index is 5.94. The van der Waals surface area contributed by atoms with E-state index in [1.54, 1.807) is 11.8 Å². The average molecular weight is 264 g/mol. The molecule has 2 nitrogen and oxygen atoms in total. The highest BCUT2D eigenvalue weighted by Crippen LogP contribution is 2.22. The minimum atomic E-state index is 0.430. The number of rotatable bonds is 4. The fourth-order valence-corrected chi connectivity index (χ4v) is 3.04. The molecular formula is C15H24N2S. The minimum Gasteiger partial charge on any atom is -0.328 e. The molecule has 1 fully saturated rings. The third-order valence-corrected chi connectivity index (χ3v) is 4.62. The van der Waals surface area contributed by atoms with Gasteiger partial charge in [-0.2, -0.15) is 0 Å². The SMILES string of the molecule is CSc1ccc(C(C)NC2CCC(N)CC2)cc1. The summed E-state index contributed by atoms with van der Waals surface area (Å²) in [4.78, 5) is 1.33. The Morgan fingerprint density at radius 1 is 1.17 bits per heavy atom. The van der Waals surface area contributed by atoms with Crippen molar-refractivity contribution in [1.29, 1.82) is 0 Å². The Kier molecular flexibility index (Phi) is 5.10. The van der Waals surface area contributed by atoms with Gasteiger partial charge >= 0.3 is 0 Å². The van der Waals surface area contributed by atoms with Crippen LogP contribution in [0.25, 0.3) is 0 Å². The largest absolute Gasteiger partial charge is 0.328 e. The molecule has 18 heavy (non-hydrogen) atoms. The number of thioether (sulfide) groups is 1. The van der Waals surface area contributed by atoms with Crippen LogP contribution in [-0.4, -0.2) is 18.3 Å². The summed E-state index contributed by atoms with van der Waals surface area (Å²) in [6.45, 7) is 2.25. The molecule has 0 aliphatic heterocycles. The second-order valence-corrected chi connectivity index (χ2v) is 6.15. The third kappa shape index (κ3) is 3.74. The Labute approximate surface area is 115 Å². The van der Waals surface area contributed by atoms with E-state index >= 15 is 0 Å². The van der Waals surface area contributed by atoms with Crippen LogP contribution >= 0.6 is 11.8 Å². The molecule has 0 saturated heterocycles. The van der Waals surface area contributed by atoms with Crippen LogP contribution in [0.15, 0.2) is 29.2 Å². The zero-order valence-electron chi connectivity index (χ0n) is 11.4. The number of nitrogens with two attached hydrogens (primary N) is 1. The first kappa shape index (κ1) is 13.9. The first-order valence-corrected chi connectivity index (χ1v) is 8.07. The van der Waals surface area contributed by atoms with Gasteiger partial charge in [-0.15, -0.1) is 11.8 Å². The molecular weight excluding hydrogens is 240 g/mol. The van der Waals surface area contributed by atoms with Crippen LogP contribution in [0, 0.1) is 0 Å². The smallest absolute Gasteiger partial charge is 0.0294 e. The van der Waals surface area contributed by atoms with Crippen molar-refractivity contribution in [2.24, 2.45) is 5.73 Å². The molecule has 1 aliphatic rings.